The fourth-order valence-electron chi connectivity index (χ4n) is 0.764. The smallest absolute Gasteiger partial charge is 0.0608 e. The number of rotatable bonds is 4. The van der Waals surface area contributed by atoms with Crippen LogP contribution in [0.5, 0.6) is 0 Å². The van der Waals surface area contributed by atoms with E-state index in [1.807, 2.05) is 32.1 Å². The molecule has 1 N–H and O–H groups in total. The normalized spacial score (nSPS) is 11.7. The van der Waals surface area contributed by atoms with Crippen LogP contribution in [0.25, 0.3) is 0 Å². The highest BCUT2D eigenvalue weighted by atomic mass is 14.4. The van der Waals surface area contributed by atoms with E-state index in [4.69, 9.17) is 5.41 Å². The third kappa shape index (κ3) is 3.15. The Balaban J connectivity index is 4.78. The molecule has 0 atom stereocenters. The third-order valence-electron chi connectivity index (χ3n) is 1.41. The third-order valence-corrected chi connectivity index (χ3v) is 1.41. The molecule has 0 saturated heterocycles. The Morgan fingerprint density at radius 3 is 2.33 bits per heavy atom. The van der Waals surface area contributed by atoms with E-state index in [1.54, 1.807) is 0 Å². The lowest BCUT2D eigenvalue weighted by Crippen LogP contribution is -1.96. The molecule has 0 aromatic heterocycles. The predicted molar refractivity (Wildman–Crippen MR) is 55.6 cm³/mol. The highest BCUT2D eigenvalue weighted by Gasteiger charge is 1.99. The summed E-state index contributed by atoms with van der Waals surface area (Å²) in [6.45, 7) is 11.1. The van der Waals surface area contributed by atoms with Crippen molar-refractivity contribution in [1.82, 2.24) is 0 Å². The fraction of sp³-hybridized carbons (Fsp3) is 0.182. The van der Waals surface area contributed by atoms with Gasteiger partial charge in [0.15, 0.2) is 0 Å². The number of hydrogen-bond donors (Lipinski definition) is 1. The minimum atomic E-state index is 0.417. The summed E-state index contributed by atoms with van der Waals surface area (Å²) in [7, 11) is 0. The van der Waals surface area contributed by atoms with E-state index in [-0.39, 0.29) is 0 Å². The van der Waals surface area contributed by atoms with Gasteiger partial charge in [0.25, 0.3) is 0 Å². The first-order valence-corrected chi connectivity index (χ1v) is 3.83. The summed E-state index contributed by atoms with van der Waals surface area (Å²) in [4.78, 5) is 0. The van der Waals surface area contributed by atoms with Gasteiger partial charge in [-0.1, -0.05) is 31.4 Å². The number of hydrogen-bond acceptors (Lipinski definition) is 1. The van der Waals surface area contributed by atoms with E-state index in [9.17, 15) is 0 Å². The molecule has 0 saturated carbocycles. The number of nitrogens with one attached hydrogen (secondary N) is 1. The Bertz CT molecular complexity index is 254. The van der Waals surface area contributed by atoms with E-state index in [0.29, 0.717) is 5.71 Å². The SMILES string of the molecule is C=CC(=N)/C(=C\C=C/C)C(=C)C. The lowest BCUT2D eigenvalue weighted by atomic mass is 10.0. The highest BCUT2D eigenvalue weighted by Crippen LogP contribution is 2.08. The minimum absolute atomic E-state index is 0.417. The average molecular weight is 161 g/mol. The van der Waals surface area contributed by atoms with Gasteiger partial charge >= 0.3 is 0 Å². The Hall–Kier alpha value is -1.37. The van der Waals surface area contributed by atoms with Crippen LogP contribution >= 0.6 is 0 Å². The van der Waals surface area contributed by atoms with Gasteiger partial charge in [-0.3, -0.25) is 0 Å². The van der Waals surface area contributed by atoms with Crippen molar-refractivity contribution in [3.8, 4) is 0 Å². The fourth-order valence-corrected chi connectivity index (χ4v) is 0.764. The monoisotopic (exact) mass is 161 g/mol. The van der Waals surface area contributed by atoms with E-state index in [2.05, 4.69) is 13.2 Å². The molecule has 0 spiro atoms. The first-order chi connectivity index (χ1) is 5.63. The van der Waals surface area contributed by atoms with Gasteiger partial charge in [0, 0.05) is 5.57 Å². The zero-order valence-electron chi connectivity index (χ0n) is 7.72. The molecule has 64 valence electrons. The maximum atomic E-state index is 7.52. The average Bonchev–Trinajstić information content (AvgIpc) is 2.04. The summed E-state index contributed by atoms with van der Waals surface area (Å²) in [5.74, 6) is 0. The quantitative estimate of drug-likeness (QED) is 0.483. The molecule has 0 heterocycles. The van der Waals surface area contributed by atoms with E-state index >= 15 is 0 Å². The van der Waals surface area contributed by atoms with Crippen LogP contribution in [0.3, 0.4) is 0 Å². The molecule has 0 radical (unpaired) electrons. The predicted octanol–water partition coefficient (Wildman–Crippen LogP) is 3.27. The van der Waals surface area contributed by atoms with Crippen molar-refractivity contribution in [3.05, 3.63) is 48.6 Å². The van der Waals surface area contributed by atoms with Gasteiger partial charge in [0.2, 0.25) is 0 Å². The zero-order valence-corrected chi connectivity index (χ0v) is 7.72. The molecule has 12 heavy (non-hydrogen) atoms. The number of allylic oxidation sites excluding steroid dienone is 6. The van der Waals surface area contributed by atoms with Crippen molar-refractivity contribution in [1.29, 1.82) is 5.41 Å². The summed E-state index contributed by atoms with van der Waals surface area (Å²) in [5, 5.41) is 7.52. The van der Waals surface area contributed by atoms with Crippen LogP contribution in [0.1, 0.15) is 13.8 Å². The van der Waals surface area contributed by atoms with Crippen molar-refractivity contribution in [3.63, 3.8) is 0 Å². The molecule has 0 rings (SSSR count). The Labute approximate surface area is 74.3 Å². The van der Waals surface area contributed by atoms with Gasteiger partial charge < -0.3 is 5.41 Å². The highest BCUT2D eigenvalue weighted by molar-refractivity contribution is 6.08. The topological polar surface area (TPSA) is 23.9 Å². The van der Waals surface area contributed by atoms with Crippen LogP contribution in [0.2, 0.25) is 0 Å². The van der Waals surface area contributed by atoms with Gasteiger partial charge in [0.1, 0.15) is 0 Å². The Kier molecular flexibility index (Phi) is 4.70. The van der Waals surface area contributed by atoms with Crippen molar-refractivity contribution in [2.75, 3.05) is 0 Å². The molecule has 1 heteroatoms. The first kappa shape index (κ1) is 10.6. The molecular formula is C11H15N. The molecule has 1 nitrogen and oxygen atoms in total. The molecular weight excluding hydrogens is 146 g/mol. The van der Waals surface area contributed by atoms with Crippen molar-refractivity contribution >= 4 is 5.71 Å². The van der Waals surface area contributed by atoms with E-state index in [1.165, 1.54) is 6.08 Å². The minimum Gasteiger partial charge on any atom is -0.300 e. The molecule has 0 aliphatic heterocycles. The largest absolute Gasteiger partial charge is 0.300 e. The van der Waals surface area contributed by atoms with Gasteiger partial charge in [-0.05, 0) is 25.5 Å². The summed E-state index contributed by atoms with van der Waals surface area (Å²) in [6.07, 6.45) is 7.19. The second-order valence-electron chi connectivity index (χ2n) is 2.50. The summed E-state index contributed by atoms with van der Waals surface area (Å²) >= 11 is 0. The Morgan fingerprint density at radius 1 is 1.42 bits per heavy atom. The lowest BCUT2D eigenvalue weighted by molar-refractivity contribution is 1.43. The molecule has 0 aliphatic carbocycles. The first-order valence-electron chi connectivity index (χ1n) is 3.83. The van der Waals surface area contributed by atoms with Gasteiger partial charge in [-0.15, -0.1) is 0 Å². The summed E-state index contributed by atoms with van der Waals surface area (Å²) in [6, 6.07) is 0. The van der Waals surface area contributed by atoms with Crippen LogP contribution in [0, 0.1) is 5.41 Å². The maximum absolute atomic E-state index is 7.52. The molecule has 0 bridgehead atoms. The van der Waals surface area contributed by atoms with Gasteiger partial charge in [0.05, 0.1) is 5.71 Å². The van der Waals surface area contributed by atoms with Crippen LogP contribution in [-0.4, -0.2) is 5.71 Å². The standard InChI is InChI=1S/C11H15N/c1-5-7-8-10(9(3)4)11(12)6-2/h5-8,12H,2-3H2,1,4H3/b7-5-,10-8-,12-11?. The molecule has 0 aliphatic rings. The molecule has 0 amide bonds. The maximum Gasteiger partial charge on any atom is 0.0608 e. The van der Waals surface area contributed by atoms with Crippen LogP contribution in [0.4, 0.5) is 0 Å². The van der Waals surface area contributed by atoms with E-state index in [0.717, 1.165) is 11.1 Å². The van der Waals surface area contributed by atoms with Crippen LogP contribution < -0.4 is 0 Å². The second-order valence-corrected chi connectivity index (χ2v) is 2.50. The van der Waals surface area contributed by atoms with Crippen molar-refractivity contribution in [2.45, 2.75) is 13.8 Å². The summed E-state index contributed by atoms with van der Waals surface area (Å²) < 4.78 is 0. The van der Waals surface area contributed by atoms with Crippen molar-refractivity contribution in [2.24, 2.45) is 0 Å². The second kappa shape index (κ2) is 5.30. The molecule has 0 fully saturated rings. The molecule has 0 aromatic carbocycles. The molecule has 0 aromatic rings. The zero-order chi connectivity index (χ0) is 9.56. The molecule has 0 unspecified atom stereocenters. The van der Waals surface area contributed by atoms with E-state index < -0.39 is 0 Å². The summed E-state index contributed by atoms with van der Waals surface area (Å²) in [5.41, 5.74) is 2.14. The lowest BCUT2D eigenvalue weighted by Gasteiger charge is -2.02. The Morgan fingerprint density at radius 2 is 2.00 bits per heavy atom. The van der Waals surface area contributed by atoms with Gasteiger partial charge in [-0.2, -0.15) is 0 Å². The van der Waals surface area contributed by atoms with Crippen LogP contribution in [0.15, 0.2) is 48.6 Å². The van der Waals surface area contributed by atoms with Crippen LogP contribution in [-0.2, 0) is 0 Å². The van der Waals surface area contributed by atoms with Gasteiger partial charge in [-0.25, -0.2) is 0 Å². The van der Waals surface area contributed by atoms with Crippen molar-refractivity contribution < 1.29 is 0 Å².